The van der Waals surface area contributed by atoms with Gasteiger partial charge in [0.1, 0.15) is 0 Å². The van der Waals surface area contributed by atoms with E-state index in [1.54, 1.807) is 12.4 Å². The van der Waals surface area contributed by atoms with E-state index in [-0.39, 0.29) is 11.9 Å². The SMILES string of the molecule is CC1CCCN(C(=O)Cc2ccncc2)C1CN. The van der Waals surface area contributed by atoms with E-state index in [4.69, 9.17) is 5.73 Å². The maximum atomic E-state index is 12.3. The van der Waals surface area contributed by atoms with E-state index in [9.17, 15) is 4.79 Å². The van der Waals surface area contributed by atoms with Crippen LogP contribution >= 0.6 is 0 Å². The van der Waals surface area contributed by atoms with Gasteiger partial charge in [0.05, 0.1) is 6.42 Å². The largest absolute Gasteiger partial charge is 0.338 e. The number of rotatable bonds is 3. The molecule has 0 saturated carbocycles. The molecule has 18 heavy (non-hydrogen) atoms. The average molecular weight is 247 g/mol. The lowest BCUT2D eigenvalue weighted by Crippen LogP contribution is -2.51. The van der Waals surface area contributed by atoms with E-state index in [0.29, 0.717) is 18.9 Å². The molecule has 1 aromatic heterocycles. The highest BCUT2D eigenvalue weighted by molar-refractivity contribution is 5.79. The number of piperidine rings is 1. The summed E-state index contributed by atoms with van der Waals surface area (Å²) < 4.78 is 0. The molecule has 0 radical (unpaired) electrons. The molecule has 0 bridgehead atoms. The number of nitrogens with zero attached hydrogens (tertiary/aromatic N) is 2. The quantitative estimate of drug-likeness (QED) is 0.873. The maximum absolute atomic E-state index is 12.3. The van der Waals surface area contributed by atoms with Crippen molar-refractivity contribution >= 4 is 5.91 Å². The number of pyridine rings is 1. The van der Waals surface area contributed by atoms with Crippen LogP contribution in [0.1, 0.15) is 25.3 Å². The van der Waals surface area contributed by atoms with Crippen molar-refractivity contribution in [1.82, 2.24) is 9.88 Å². The van der Waals surface area contributed by atoms with Gasteiger partial charge in [-0.3, -0.25) is 9.78 Å². The minimum absolute atomic E-state index is 0.184. The number of hydrogen-bond donors (Lipinski definition) is 1. The van der Waals surface area contributed by atoms with E-state index < -0.39 is 0 Å². The van der Waals surface area contributed by atoms with Crippen LogP contribution < -0.4 is 5.73 Å². The highest BCUT2D eigenvalue weighted by Gasteiger charge is 2.30. The summed E-state index contributed by atoms with van der Waals surface area (Å²) in [5.74, 6) is 0.688. The third-order valence-electron chi connectivity index (χ3n) is 3.78. The number of likely N-dealkylation sites (tertiary alicyclic amines) is 1. The number of nitrogens with two attached hydrogens (primary N) is 1. The van der Waals surface area contributed by atoms with Crippen LogP contribution in [0.3, 0.4) is 0 Å². The Bertz CT molecular complexity index is 393. The maximum Gasteiger partial charge on any atom is 0.227 e. The van der Waals surface area contributed by atoms with E-state index in [2.05, 4.69) is 11.9 Å². The summed E-state index contributed by atoms with van der Waals surface area (Å²) in [7, 11) is 0. The first-order chi connectivity index (χ1) is 8.72. The van der Waals surface area contributed by atoms with Crippen LogP contribution in [0.5, 0.6) is 0 Å². The summed E-state index contributed by atoms with van der Waals surface area (Å²) >= 11 is 0. The Morgan fingerprint density at radius 3 is 2.89 bits per heavy atom. The molecule has 0 aliphatic carbocycles. The summed E-state index contributed by atoms with van der Waals surface area (Å²) in [4.78, 5) is 18.3. The van der Waals surface area contributed by atoms with Crippen molar-refractivity contribution in [1.29, 1.82) is 0 Å². The molecule has 0 spiro atoms. The van der Waals surface area contributed by atoms with Gasteiger partial charge in [0.15, 0.2) is 0 Å². The van der Waals surface area contributed by atoms with Crippen molar-refractivity contribution in [3.63, 3.8) is 0 Å². The fourth-order valence-corrected chi connectivity index (χ4v) is 2.70. The van der Waals surface area contributed by atoms with Gasteiger partial charge in [-0.1, -0.05) is 6.92 Å². The average Bonchev–Trinajstić information content (AvgIpc) is 2.39. The van der Waals surface area contributed by atoms with Crippen LogP contribution in [0.15, 0.2) is 24.5 Å². The van der Waals surface area contributed by atoms with Gasteiger partial charge in [0.2, 0.25) is 5.91 Å². The molecule has 1 aliphatic rings. The smallest absolute Gasteiger partial charge is 0.227 e. The van der Waals surface area contributed by atoms with E-state index in [1.165, 1.54) is 6.42 Å². The van der Waals surface area contributed by atoms with Crippen molar-refractivity contribution in [2.75, 3.05) is 13.1 Å². The van der Waals surface area contributed by atoms with Gasteiger partial charge in [-0.15, -0.1) is 0 Å². The van der Waals surface area contributed by atoms with E-state index >= 15 is 0 Å². The lowest BCUT2D eigenvalue weighted by molar-refractivity contribution is -0.135. The Kier molecular flexibility index (Phi) is 4.31. The van der Waals surface area contributed by atoms with E-state index in [0.717, 1.165) is 18.5 Å². The number of hydrogen-bond acceptors (Lipinski definition) is 3. The Morgan fingerprint density at radius 1 is 1.50 bits per heavy atom. The van der Waals surface area contributed by atoms with Gasteiger partial charge in [-0.25, -0.2) is 0 Å². The van der Waals surface area contributed by atoms with Crippen LogP contribution in [-0.2, 0) is 11.2 Å². The number of carbonyl (C=O) groups excluding carboxylic acids is 1. The van der Waals surface area contributed by atoms with Gasteiger partial charge in [-0.05, 0) is 36.5 Å². The molecule has 2 unspecified atom stereocenters. The summed E-state index contributed by atoms with van der Waals surface area (Å²) in [6.07, 6.45) is 6.15. The van der Waals surface area contributed by atoms with Gasteiger partial charge in [-0.2, -0.15) is 0 Å². The summed E-state index contributed by atoms with van der Waals surface area (Å²) in [6.45, 7) is 3.59. The predicted octanol–water partition coefficient (Wildman–Crippen LogP) is 1.21. The first kappa shape index (κ1) is 13.0. The summed E-state index contributed by atoms with van der Waals surface area (Å²) in [6, 6.07) is 3.99. The highest BCUT2D eigenvalue weighted by Crippen LogP contribution is 2.23. The summed E-state index contributed by atoms with van der Waals surface area (Å²) in [5, 5.41) is 0. The molecule has 98 valence electrons. The first-order valence-electron chi connectivity index (χ1n) is 6.61. The molecule has 1 saturated heterocycles. The third kappa shape index (κ3) is 2.88. The minimum atomic E-state index is 0.184. The van der Waals surface area contributed by atoms with E-state index in [1.807, 2.05) is 17.0 Å². The number of amides is 1. The second kappa shape index (κ2) is 5.96. The molecule has 4 heteroatoms. The van der Waals surface area contributed by atoms with Crippen LogP contribution in [0.4, 0.5) is 0 Å². The highest BCUT2D eigenvalue weighted by atomic mass is 16.2. The lowest BCUT2D eigenvalue weighted by Gasteiger charge is -2.39. The Labute approximate surface area is 108 Å². The van der Waals surface area contributed by atoms with Crippen molar-refractivity contribution in [3.05, 3.63) is 30.1 Å². The molecule has 2 N–H and O–H groups in total. The normalized spacial score (nSPS) is 24.0. The van der Waals surface area contributed by atoms with Crippen LogP contribution in [0, 0.1) is 5.92 Å². The van der Waals surface area contributed by atoms with Gasteiger partial charge in [0, 0.05) is 31.5 Å². The molecule has 0 aromatic carbocycles. The first-order valence-corrected chi connectivity index (χ1v) is 6.61. The van der Waals surface area contributed by atoms with Gasteiger partial charge in [0.25, 0.3) is 0 Å². The van der Waals surface area contributed by atoms with Crippen molar-refractivity contribution in [3.8, 4) is 0 Å². The number of aromatic nitrogens is 1. The fourth-order valence-electron chi connectivity index (χ4n) is 2.70. The molecule has 2 heterocycles. The lowest BCUT2D eigenvalue weighted by atomic mass is 9.90. The molecule has 1 aromatic rings. The monoisotopic (exact) mass is 247 g/mol. The number of carbonyl (C=O) groups is 1. The second-order valence-corrected chi connectivity index (χ2v) is 5.04. The predicted molar refractivity (Wildman–Crippen MR) is 70.9 cm³/mol. The zero-order valence-electron chi connectivity index (χ0n) is 10.9. The molecule has 1 aliphatic heterocycles. The Hall–Kier alpha value is -1.42. The Morgan fingerprint density at radius 2 is 2.22 bits per heavy atom. The molecular formula is C14H21N3O. The van der Waals surface area contributed by atoms with Crippen LogP contribution in [-0.4, -0.2) is 34.9 Å². The zero-order chi connectivity index (χ0) is 13.0. The zero-order valence-corrected chi connectivity index (χ0v) is 10.9. The fraction of sp³-hybridized carbons (Fsp3) is 0.571. The second-order valence-electron chi connectivity index (χ2n) is 5.04. The summed E-state index contributed by atoms with van der Waals surface area (Å²) in [5.41, 5.74) is 6.83. The van der Waals surface area contributed by atoms with Gasteiger partial charge >= 0.3 is 0 Å². The molecule has 1 amide bonds. The van der Waals surface area contributed by atoms with Crippen LogP contribution in [0.2, 0.25) is 0 Å². The standard InChI is InChI=1S/C14H21N3O/c1-11-3-2-8-17(13(11)10-15)14(18)9-12-4-6-16-7-5-12/h4-7,11,13H,2-3,8-10,15H2,1H3. The Balaban J connectivity index is 2.03. The molecule has 2 atom stereocenters. The molecular weight excluding hydrogens is 226 g/mol. The molecule has 4 nitrogen and oxygen atoms in total. The van der Waals surface area contributed by atoms with Crippen molar-refractivity contribution in [2.45, 2.75) is 32.2 Å². The van der Waals surface area contributed by atoms with Crippen LogP contribution in [0.25, 0.3) is 0 Å². The minimum Gasteiger partial charge on any atom is -0.338 e. The topological polar surface area (TPSA) is 59.2 Å². The molecule has 1 fully saturated rings. The van der Waals surface area contributed by atoms with Crippen molar-refractivity contribution < 1.29 is 4.79 Å². The third-order valence-corrected chi connectivity index (χ3v) is 3.78. The van der Waals surface area contributed by atoms with Crippen molar-refractivity contribution in [2.24, 2.45) is 11.7 Å². The molecule has 2 rings (SSSR count). The van der Waals surface area contributed by atoms with Gasteiger partial charge < -0.3 is 10.6 Å².